The second-order valence-corrected chi connectivity index (χ2v) is 5.32. The number of carboxylic acid groups (broad SMARTS) is 1. The van der Waals surface area contributed by atoms with Gasteiger partial charge in [-0.1, -0.05) is 23.7 Å². The first-order valence-electron chi connectivity index (χ1n) is 5.55. The fourth-order valence-corrected chi connectivity index (χ4v) is 2.37. The molecule has 0 saturated heterocycles. The Hall–Kier alpha value is -1.59. The Morgan fingerprint density at radius 1 is 1.40 bits per heavy atom. The molecule has 1 N–H and O–H groups in total. The summed E-state index contributed by atoms with van der Waals surface area (Å²) in [6, 6.07) is 7.20. The summed E-state index contributed by atoms with van der Waals surface area (Å²) in [6.45, 7) is 1.71. The Labute approximate surface area is 128 Å². The Kier molecular flexibility index (Phi) is 4.30. The maximum absolute atomic E-state index is 13.5. The fraction of sp³-hybridized carbons (Fsp3) is 0.0714. The third kappa shape index (κ3) is 2.94. The molecule has 6 heteroatoms. The first kappa shape index (κ1) is 14.8. The van der Waals surface area contributed by atoms with Crippen LogP contribution in [0.15, 0.2) is 34.8 Å². The molecule has 2 aromatic carbocycles. The van der Waals surface area contributed by atoms with Crippen molar-refractivity contribution in [3.63, 3.8) is 0 Å². The molecular weight excluding hydrogens is 351 g/mol. The summed E-state index contributed by atoms with van der Waals surface area (Å²) in [5.74, 6) is -1.43. The van der Waals surface area contributed by atoms with Crippen molar-refractivity contribution in [3.8, 4) is 11.5 Å². The molecule has 2 aromatic rings. The van der Waals surface area contributed by atoms with Gasteiger partial charge in [-0.05, 0) is 40.5 Å². The third-order valence-electron chi connectivity index (χ3n) is 2.63. The van der Waals surface area contributed by atoms with Crippen molar-refractivity contribution in [3.05, 3.63) is 56.8 Å². The van der Waals surface area contributed by atoms with Crippen LogP contribution in [0.1, 0.15) is 15.9 Å². The molecule has 20 heavy (non-hydrogen) atoms. The van der Waals surface area contributed by atoms with Crippen molar-refractivity contribution in [2.45, 2.75) is 6.92 Å². The molecule has 2 rings (SSSR count). The Balaban J connectivity index is 2.50. The van der Waals surface area contributed by atoms with Gasteiger partial charge in [0, 0.05) is 6.07 Å². The molecule has 0 unspecified atom stereocenters. The van der Waals surface area contributed by atoms with Crippen molar-refractivity contribution >= 4 is 33.5 Å². The van der Waals surface area contributed by atoms with Gasteiger partial charge < -0.3 is 9.84 Å². The van der Waals surface area contributed by atoms with Gasteiger partial charge in [-0.3, -0.25) is 0 Å². The molecular formula is C14H9BrClFO3. The largest absolute Gasteiger partial charge is 0.478 e. The van der Waals surface area contributed by atoms with E-state index in [2.05, 4.69) is 15.9 Å². The van der Waals surface area contributed by atoms with Crippen molar-refractivity contribution in [2.24, 2.45) is 0 Å². The lowest BCUT2D eigenvalue weighted by molar-refractivity contribution is 0.0694. The monoisotopic (exact) mass is 358 g/mol. The van der Waals surface area contributed by atoms with E-state index in [1.54, 1.807) is 19.1 Å². The lowest BCUT2D eigenvalue weighted by atomic mass is 10.1. The van der Waals surface area contributed by atoms with E-state index in [1.807, 2.05) is 0 Å². The number of para-hydroxylation sites is 1. The van der Waals surface area contributed by atoms with Crippen LogP contribution >= 0.6 is 27.5 Å². The fourth-order valence-electron chi connectivity index (χ4n) is 1.65. The minimum absolute atomic E-state index is 0.00672. The topological polar surface area (TPSA) is 46.5 Å². The molecule has 3 nitrogen and oxygen atoms in total. The summed E-state index contributed by atoms with van der Waals surface area (Å²) in [5, 5.41) is 9.10. The van der Waals surface area contributed by atoms with Crippen LogP contribution in [0.4, 0.5) is 4.39 Å². The molecule has 0 aromatic heterocycles. The Bertz CT molecular complexity index is 688. The Morgan fingerprint density at radius 3 is 2.75 bits per heavy atom. The molecule has 0 heterocycles. The molecule has 0 bridgehead atoms. The number of rotatable bonds is 3. The van der Waals surface area contributed by atoms with E-state index < -0.39 is 11.8 Å². The second-order valence-electron chi connectivity index (χ2n) is 4.06. The first-order valence-corrected chi connectivity index (χ1v) is 6.72. The summed E-state index contributed by atoms with van der Waals surface area (Å²) < 4.78 is 19.4. The Morgan fingerprint density at radius 2 is 2.10 bits per heavy atom. The van der Waals surface area contributed by atoms with Crippen molar-refractivity contribution in [2.75, 3.05) is 0 Å². The summed E-state index contributed by atoms with van der Waals surface area (Å²) in [4.78, 5) is 11.2. The van der Waals surface area contributed by atoms with Crippen molar-refractivity contribution in [1.82, 2.24) is 0 Å². The van der Waals surface area contributed by atoms with Gasteiger partial charge >= 0.3 is 5.97 Å². The number of hydrogen-bond acceptors (Lipinski definition) is 2. The van der Waals surface area contributed by atoms with E-state index in [0.29, 0.717) is 10.0 Å². The average molecular weight is 360 g/mol. The van der Waals surface area contributed by atoms with Crippen LogP contribution < -0.4 is 4.74 Å². The van der Waals surface area contributed by atoms with Crippen LogP contribution in [0.2, 0.25) is 5.02 Å². The minimum Gasteiger partial charge on any atom is -0.478 e. The lowest BCUT2D eigenvalue weighted by Crippen LogP contribution is -2.02. The molecule has 0 spiro atoms. The van der Waals surface area contributed by atoms with Gasteiger partial charge in [-0.15, -0.1) is 0 Å². The molecule has 0 radical (unpaired) electrons. The molecule has 0 saturated carbocycles. The summed E-state index contributed by atoms with van der Waals surface area (Å²) in [7, 11) is 0. The molecule has 0 fully saturated rings. The smallest absolute Gasteiger partial charge is 0.339 e. The highest BCUT2D eigenvalue weighted by Gasteiger charge is 2.16. The van der Waals surface area contributed by atoms with Gasteiger partial charge in [-0.2, -0.15) is 0 Å². The number of carbonyl (C=O) groups is 1. The quantitative estimate of drug-likeness (QED) is 0.781. The van der Waals surface area contributed by atoms with E-state index in [9.17, 15) is 9.18 Å². The predicted octanol–water partition coefficient (Wildman–Crippen LogP) is 5.04. The van der Waals surface area contributed by atoms with Gasteiger partial charge in [0.2, 0.25) is 0 Å². The van der Waals surface area contributed by atoms with E-state index in [0.717, 1.165) is 6.07 Å². The second kappa shape index (κ2) is 5.81. The van der Waals surface area contributed by atoms with E-state index >= 15 is 0 Å². The number of carboxylic acids is 1. The zero-order chi connectivity index (χ0) is 14.9. The first-order chi connectivity index (χ1) is 9.40. The van der Waals surface area contributed by atoms with Gasteiger partial charge in [0.15, 0.2) is 0 Å². The van der Waals surface area contributed by atoms with Crippen LogP contribution in [0.5, 0.6) is 11.5 Å². The number of hydrogen-bond donors (Lipinski definition) is 1. The van der Waals surface area contributed by atoms with Crippen LogP contribution in [0.25, 0.3) is 0 Å². The van der Waals surface area contributed by atoms with Crippen LogP contribution in [0.3, 0.4) is 0 Å². The lowest BCUT2D eigenvalue weighted by Gasteiger charge is -2.13. The summed E-state index contributed by atoms with van der Waals surface area (Å²) in [5.41, 5.74) is 0.638. The highest BCUT2D eigenvalue weighted by Crippen LogP contribution is 2.36. The highest BCUT2D eigenvalue weighted by molar-refractivity contribution is 9.10. The van der Waals surface area contributed by atoms with Crippen molar-refractivity contribution in [1.29, 1.82) is 0 Å². The molecule has 104 valence electrons. The zero-order valence-corrected chi connectivity index (χ0v) is 12.6. The van der Waals surface area contributed by atoms with Gasteiger partial charge in [0.05, 0.1) is 9.50 Å². The zero-order valence-electron chi connectivity index (χ0n) is 10.3. The van der Waals surface area contributed by atoms with E-state index in [-0.39, 0.29) is 22.1 Å². The maximum atomic E-state index is 13.5. The number of aromatic carboxylic acids is 1. The normalized spacial score (nSPS) is 10.4. The number of halogens is 3. The van der Waals surface area contributed by atoms with Crippen LogP contribution in [-0.2, 0) is 0 Å². The molecule has 0 aliphatic heterocycles. The molecule has 0 amide bonds. The third-order valence-corrected chi connectivity index (χ3v) is 3.54. The molecule has 0 aliphatic carbocycles. The molecule has 0 atom stereocenters. The predicted molar refractivity (Wildman–Crippen MR) is 77.3 cm³/mol. The highest BCUT2D eigenvalue weighted by atomic mass is 79.9. The van der Waals surface area contributed by atoms with E-state index in [4.69, 9.17) is 21.4 Å². The molecule has 0 aliphatic rings. The maximum Gasteiger partial charge on any atom is 0.339 e. The number of benzene rings is 2. The standard InChI is InChI=1S/C14H9BrClFO3/c1-7-3-2-4-8(14(18)19)13(7)20-12-6-11(17)10(16)5-9(12)15/h2-6H,1H3,(H,18,19). The van der Waals surface area contributed by atoms with Crippen LogP contribution in [-0.4, -0.2) is 11.1 Å². The summed E-state index contributed by atoms with van der Waals surface area (Å²) >= 11 is 8.85. The average Bonchev–Trinajstić information content (AvgIpc) is 2.37. The van der Waals surface area contributed by atoms with Gasteiger partial charge in [0.25, 0.3) is 0 Å². The number of aryl methyl sites for hydroxylation is 1. The summed E-state index contributed by atoms with van der Waals surface area (Å²) in [6.07, 6.45) is 0. The van der Waals surface area contributed by atoms with E-state index in [1.165, 1.54) is 12.1 Å². The number of ether oxygens (including phenoxy) is 1. The van der Waals surface area contributed by atoms with Crippen LogP contribution in [0, 0.1) is 12.7 Å². The SMILES string of the molecule is Cc1cccc(C(=O)O)c1Oc1cc(F)c(Cl)cc1Br. The van der Waals surface area contributed by atoms with Gasteiger partial charge in [0.1, 0.15) is 22.9 Å². The van der Waals surface area contributed by atoms with Crippen molar-refractivity contribution < 1.29 is 19.0 Å². The van der Waals surface area contributed by atoms with Gasteiger partial charge in [-0.25, -0.2) is 9.18 Å². The minimum atomic E-state index is -1.12.